The molecule has 6 nitrogen and oxygen atoms in total. The van der Waals surface area contributed by atoms with Crippen molar-refractivity contribution >= 4 is 11.9 Å². The summed E-state index contributed by atoms with van der Waals surface area (Å²) in [5.41, 5.74) is 0. The molecular formula is C17H35N5O. The minimum atomic E-state index is 0.0713. The third-order valence-electron chi connectivity index (χ3n) is 4.17. The van der Waals surface area contributed by atoms with Gasteiger partial charge < -0.3 is 20.9 Å². The van der Waals surface area contributed by atoms with Crippen LogP contribution in [0.15, 0.2) is 4.99 Å². The van der Waals surface area contributed by atoms with Crippen molar-refractivity contribution in [3.8, 4) is 0 Å². The molecule has 3 N–H and O–H groups in total. The zero-order chi connectivity index (χ0) is 17.1. The molecule has 1 fully saturated rings. The molecule has 0 aromatic rings. The summed E-state index contributed by atoms with van der Waals surface area (Å²) >= 11 is 0. The highest BCUT2D eigenvalue weighted by molar-refractivity contribution is 5.81. The Hall–Kier alpha value is -1.30. The molecule has 0 aromatic heterocycles. The van der Waals surface area contributed by atoms with Crippen LogP contribution in [0.4, 0.5) is 0 Å². The first-order valence-electron chi connectivity index (χ1n) is 9.01. The minimum Gasteiger partial charge on any atom is -0.356 e. The van der Waals surface area contributed by atoms with Crippen molar-refractivity contribution in [1.29, 1.82) is 0 Å². The van der Waals surface area contributed by atoms with Gasteiger partial charge in [0.2, 0.25) is 5.91 Å². The quantitative estimate of drug-likeness (QED) is 0.358. The standard InChI is InChI=1S/C17H35N5O/c1-14(2)21-16(23)9-11-20-17(18-4)19-10-7-13-22-12-6-5-8-15(22)3/h14-15H,5-13H2,1-4H3,(H,21,23)(H2,18,19,20). The average Bonchev–Trinajstić information content (AvgIpc) is 2.50. The smallest absolute Gasteiger partial charge is 0.221 e. The second kappa shape index (κ2) is 11.3. The molecule has 0 bridgehead atoms. The molecule has 1 atom stereocenters. The van der Waals surface area contributed by atoms with E-state index in [4.69, 9.17) is 0 Å². The highest BCUT2D eigenvalue weighted by Gasteiger charge is 2.17. The highest BCUT2D eigenvalue weighted by Crippen LogP contribution is 2.15. The van der Waals surface area contributed by atoms with Crippen LogP contribution < -0.4 is 16.0 Å². The van der Waals surface area contributed by atoms with Gasteiger partial charge in [0.1, 0.15) is 0 Å². The summed E-state index contributed by atoms with van der Waals surface area (Å²) in [6, 6.07) is 0.915. The SMILES string of the molecule is CN=C(NCCCN1CCCCC1C)NCCC(=O)NC(C)C. The predicted molar refractivity (Wildman–Crippen MR) is 96.8 cm³/mol. The third kappa shape index (κ3) is 8.79. The number of carbonyl (C=O) groups is 1. The monoisotopic (exact) mass is 325 g/mol. The van der Waals surface area contributed by atoms with Gasteiger partial charge in [-0.3, -0.25) is 9.79 Å². The number of likely N-dealkylation sites (tertiary alicyclic amines) is 1. The summed E-state index contributed by atoms with van der Waals surface area (Å²) in [4.78, 5) is 18.3. The summed E-state index contributed by atoms with van der Waals surface area (Å²) in [5.74, 6) is 0.844. The number of nitrogens with one attached hydrogen (secondary N) is 3. The second-order valence-corrected chi connectivity index (χ2v) is 6.63. The van der Waals surface area contributed by atoms with E-state index in [-0.39, 0.29) is 11.9 Å². The van der Waals surface area contributed by atoms with Crippen LogP contribution in [0, 0.1) is 0 Å². The fourth-order valence-corrected chi connectivity index (χ4v) is 2.89. The lowest BCUT2D eigenvalue weighted by Gasteiger charge is -2.33. The van der Waals surface area contributed by atoms with Gasteiger partial charge in [-0.2, -0.15) is 0 Å². The largest absolute Gasteiger partial charge is 0.356 e. The second-order valence-electron chi connectivity index (χ2n) is 6.63. The number of amides is 1. The lowest BCUT2D eigenvalue weighted by atomic mass is 10.0. The van der Waals surface area contributed by atoms with Crippen molar-refractivity contribution in [3.63, 3.8) is 0 Å². The maximum Gasteiger partial charge on any atom is 0.221 e. The van der Waals surface area contributed by atoms with Crippen LogP contribution in [-0.4, -0.2) is 62.1 Å². The molecule has 0 spiro atoms. The summed E-state index contributed by atoms with van der Waals surface area (Å²) in [7, 11) is 1.76. The average molecular weight is 326 g/mol. The van der Waals surface area contributed by atoms with E-state index in [1.54, 1.807) is 7.05 Å². The fourth-order valence-electron chi connectivity index (χ4n) is 2.89. The molecule has 1 saturated heterocycles. The zero-order valence-corrected chi connectivity index (χ0v) is 15.3. The van der Waals surface area contributed by atoms with E-state index >= 15 is 0 Å². The molecular weight excluding hydrogens is 290 g/mol. The first kappa shape index (κ1) is 19.7. The number of hydrogen-bond acceptors (Lipinski definition) is 3. The molecule has 0 saturated carbocycles. The van der Waals surface area contributed by atoms with Crippen LogP contribution in [0.5, 0.6) is 0 Å². The number of nitrogens with zero attached hydrogens (tertiary/aromatic N) is 2. The Morgan fingerprint density at radius 3 is 2.65 bits per heavy atom. The van der Waals surface area contributed by atoms with Crippen LogP contribution in [0.25, 0.3) is 0 Å². The van der Waals surface area contributed by atoms with Crippen molar-refractivity contribution in [3.05, 3.63) is 0 Å². The first-order valence-corrected chi connectivity index (χ1v) is 9.01. The summed E-state index contributed by atoms with van der Waals surface area (Å²) in [5, 5.41) is 9.39. The number of hydrogen-bond donors (Lipinski definition) is 3. The van der Waals surface area contributed by atoms with Gasteiger partial charge in [0.25, 0.3) is 0 Å². The molecule has 23 heavy (non-hydrogen) atoms. The lowest BCUT2D eigenvalue weighted by molar-refractivity contribution is -0.121. The Morgan fingerprint density at radius 1 is 1.26 bits per heavy atom. The van der Waals surface area contributed by atoms with Crippen LogP contribution in [0.1, 0.15) is 52.9 Å². The van der Waals surface area contributed by atoms with E-state index < -0.39 is 0 Å². The van der Waals surface area contributed by atoms with Crippen LogP contribution in [-0.2, 0) is 4.79 Å². The molecule has 1 aliphatic rings. The van der Waals surface area contributed by atoms with Crippen LogP contribution in [0.2, 0.25) is 0 Å². The van der Waals surface area contributed by atoms with Gasteiger partial charge in [0.15, 0.2) is 5.96 Å². The Balaban J connectivity index is 2.10. The normalized spacial score (nSPS) is 19.7. The van der Waals surface area contributed by atoms with Gasteiger partial charge in [-0.25, -0.2) is 0 Å². The Labute approximate surface area is 141 Å². The molecule has 1 rings (SSSR count). The lowest BCUT2D eigenvalue weighted by Crippen LogP contribution is -2.42. The molecule has 1 unspecified atom stereocenters. The molecule has 1 heterocycles. The van der Waals surface area contributed by atoms with Crippen molar-refractivity contribution in [1.82, 2.24) is 20.9 Å². The van der Waals surface area contributed by atoms with E-state index in [0.29, 0.717) is 13.0 Å². The summed E-state index contributed by atoms with van der Waals surface area (Å²) in [6.07, 6.45) is 5.61. The van der Waals surface area contributed by atoms with E-state index in [0.717, 1.165) is 31.5 Å². The Kier molecular flexibility index (Phi) is 9.67. The number of rotatable bonds is 8. The van der Waals surface area contributed by atoms with Gasteiger partial charge in [-0.1, -0.05) is 6.42 Å². The van der Waals surface area contributed by atoms with E-state index in [9.17, 15) is 4.79 Å². The van der Waals surface area contributed by atoms with Crippen molar-refractivity contribution < 1.29 is 4.79 Å². The van der Waals surface area contributed by atoms with E-state index in [2.05, 4.69) is 32.8 Å². The first-order chi connectivity index (χ1) is 11.0. The number of guanidine groups is 1. The molecule has 1 amide bonds. The highest BCUT2D eigenvalue weighted by atomic mass is 16.1. The number of carbonyl (C=O) groups excluding carboxylic acids is 1. The van der Waals surface area contributed by atoms with Crippen molar-refractivity contribution in [2.75, 3.05) is 33.2 Å². The Bertz CT molecular complexity index is 370. The molecule has 0 radical (unpaired) electrons. The van der Waals surface area contributed by atoms with Crippen LogP contribution in [0.3, 0.4) is 0 Å². The van der Waals surface area contributed by atoms with Gasteiger partial charge >= 0.3 is 0 Å². The summed E-state index contributed by atoms with van der Waals surface area (Å²) < 4.78 is 0. The van der Waals surface area contributed by atoms with Crippen molar-refractivity contribution in [2.45, 2.75) is 65.0 Å². The van der Waals surface area contributed by atoms with Gasteiger partial charge in [-0.15, -0.1) is 0 Å². The van der Waals surface area contributed by atoms with E-state index in [1.165, 1.54) is 25.8 Å². The van der Waals surface area contributed by atoms with Gasteiger partial charge in [-0.05, 0) is 46.6 Å². The molecule has 134 valence electrons. The van der Waals surface area contributed by atoms with Crippen LogP contribution >= 0.6 is 0 Å². The summed E-state index contributed by atoms with van der Waals surface area (Å²) in [6.45, 7) is 10.1. The topological polar surface area (TPSA) is 68.8 Å². The third-order valence-corrected chi connectivity index (χ3v) is 4.17. The number of aliphatic imine (C=N–C) groups is 1. The Morgan fingerprint density at radius 2 is 2.00 bits per heavy atom. The van der Waals surface area contributed by atoms with Gasteiger partial charge in [0.05, 0.1) is 0 Å². The predicted octanol–water partition coefficient (Wildman–Crippen LogP) is 1.33. The van der Waals surface area contributed by atoms with E-state index in [1.807, 2.05) is 13.8 Å². The van der Waals surface area contributed by atoms with Crippen molar-refractivity contribution in [2.24, 2.45) is 4.99 Å². The molecule has 0 aromatic carbocycles. The molecule has 0 aliphatic carbocycles. The minimum absolute atomic E-state index is 0.0713. The molecule has 1 aliphatic heterocycles. The van der Waals surface area contributed by atoms with Gasteiger partial charge in [0, 0.05) is 45.2 Å². The maximum absolute atomic E-state index is 11.6. The number of piperidine rings is 1. The zero-order valence-electron chi connectivity index (χ0n) is 15.3. The fraction of sp³-hybridized carbons (Fsp3) is 0.882. The molecule has 6 heteroatoms. The maximum atomic E-state index is 11.6.